The van der Waals surface area contributed by atoms with E-state index in [4.69, 9.17) is 0 Å². The first-order valence-corrected chi connectivity index (χ1v) is 3.97. The van der Waals surface area contributed by atoms with Crippen LogP contribution in [0.4, 0.5) is 0 Å². The van der Waals surface area contributed by atoms with E-state index >= 15 is 0 Å². The van der Waals surface area contributed by atoms with Crippen molar-refractivity contribution in [2.45, 2.75) is 0 Å². The highest BCUT2D eigenvalue weighted by Crippen LogP contribution is 2.03. The molecule has 1 rings (SSSR count). The van der Waals surface area contributed by atoms with Gasteiger partial charge >= 0.3 is 0 Å². The quantitative estimate of drug-likeness (QED) is 0.503. The van der Waals surface area contributed by atoms with Gasteiger partial charge in [-0.05, 0) is 11.6 Å². The molecule has 0 amide bonds. The lowest BCUT2D eigenvalue weighted by atomic mass is 10.2. The van der Waals surface area contributed by atoms with Crippen LogP contribution in [-0.4, -0.2) is 5.94 Å². The summed E-state index contributed by atoms with van der Waals surface area (Å²) in [6.07, 6.45) is 5.02. The Balaban J connectivity index is 2.80. The zero-order valence-electron chi connectivity index (χ0n) is 7.23. The minimum Gasteiger partial charge on any atom is -0.233 e. The molecular weight excluding hydrogens is 160 g/mol. The molecule has 0 fully saturated rings. The van der Waals surface area contributed by atoms with Crippen molar-refractivity contribution in [3.63, 3.8) is 0 Å². The van der Waals surface area contributed by atoms with Crippen molar-refractivity contribution in [2.24, 2.45) is 0 Å². The molecular formula is C12H10O. The summed E-state index contributed by atoms with van der Waals surface area (Å²) in [4.78, 5) is 10.3. The molecule has 0 saturated carbocycles. The molecule has 0 aliphatic heterocycles. The van der Waals surface area contributed by atoms with Crippen molar-refractivity contribution in [1.82, 2.24) is 0 Å². The highest BCUT2D eigenvalue weighted by molar-refractivity contribution is 5.66. The first-order valence-electron chi connectivity index (χ1n) is 3.97. The van der Waals surface area contributed by atoms with Crippen LogP contribution in [0, 0.1) is 0 Å². The summed E-state index contributed by atoms with van der Waals surface area (Å²) in [6.45, 7) is 3.49. The fourth-order valence-corrected chi connectivity index (χ4v) is 0.894. The average molecular weight is 170 g/mol. The number of benzene rings is 1. The molecule has 64 valence electrons. The lowest BCUT2D eigenvalue weighted by Gasteiger charge is -1.89. The van der Waals surface area contributed by atoms with Crippen LogP contribution in [0.2, 0.25) is 0 Å². The smallest absolute Gasteiger partial charge is 0.132 e. The van der Waals surface area contributed by atoms with E-state index in [9.17, 15) is 4.79 Å². The maximum absolute atomic E-state index is 10.3. The third-order valence-corrected chi connectivity index (χ3v) is 1.59. The van der Waals surface area contributed by atoms with Crippen molar-refractivity contribution in [3.05, 3.63) is 60.2 Å². The van der Waals surface area contributed by atoms with Crippen LogP contribution < -0.4 is 0 Å². The summed E-state index contributed by atoms with van der Waals surface area (Å²) < 4.78 is 0. The van der Waals surface area contributed by atoms with Crippen LogP contribution in [0.5, 0.6) is 0 Å². The van der Waals surface area contributed by atoms with Crippen molar-refractivity contribution in [2.75, 3.05) is 0 Å². The van der Waals surface area contributed by atoms with Crippen LogP contribution in [0.25, 0.3) is 6.08 Å². The Kier molecular flexibility index (Phi) is 3.49. The zero-order valence-corrected chi connectivity index (χ0v) is 7.23. The second kappa shape index (κ2) is 4.91. The monoisotopic (exact) mass is 170 g/mol. The van der Waals surface area contributed by atoms with Gasteiger partial charge in [-0.25, -0.2) is 4.79 Å². The van der Waals surface area contributed by atoms with Crippen molar-refractivity contribution >= 4 is 12.0 Å². The van der Waals surface area contributed by atoms with Gasteiger partial charge in [-0.15, -0.1) is 0 Å². The Morgan fingerprint density at radius 2 is 2.00 bits per heavy atom. The zero-order chi connectivity index (χ0) is 9.52. The summed E-state index contributed by atoms with van der Waals surface area (Å²) in [5.41, 5.74) is 1.51. The lowest BCUT2D eigenvalue weighted by Crippen LogP contribution is -1.72. The fraction of sp³-hybridized carbons (Fsp3) is 0. The molecule has 0 N–H and O–H groups in total. The van der Waals surface area contributed by atoms with Gasteiger partial charge in [0.15, 0.2) is 0 Å². The molecule has 1 aromatic rings. The van der Waals surface area contributed by atoms with Gasteiger partial charge in [0.2, 0.25) is 0 Å². The molecule has 1 aromatic carbocycles. The van der Waals surface area contributed by atoms with Gasteiger partial charge < -0.3 is 0 Å². The first-order chi connectivity index (χ1) is 6.36. The number of hydrogen-bond donors (Lipinski definition) is 0. The molecule has 0 unspecified atom stereocenters. The summed E-state index contributed by atoms with van der Waals surface area (Å²) in [5.74, 6) is 1.78. The molecule has 0 radical (unpaired) electrons. The van der Waals surface area contributed by atoms with Crippen molar-refractivity contribution in [1.29, 1.82) is 0 Å². The standard InChI is InChI=1S/C12H10O/c1-2-11(10-13)8-9-12-6-4-3-5-7-12/h2-9H,1H2/b9-8-. The minimum atomic E-state index is 0.462. The molecule has 0 heterocycles. The lowest BCUT2D eigenvalue weighted by molar-refractivity contribution is 0.568. The van der Waals surface area contributed by atoms with Gasteiger partial charge in [0, 0.05) is 0 Å². The Morgan fingerprint density at radius 3 is 2.54 bits per heavy atom. The number of hydrogen-bond acceptors (Lipinski definition) is 1. The third kappa shape index (κ3) is 2.94. The molecule has 1 nitrogen and oxygen atoms in total. The summed E-state index contributed by atoms with van der Waals surface area (Å²) in [6, 6.07) is 9.75. The van der Waals surface area contributed by atoms with E-state index in [1.807, 2.05) is 36.4 Å². The van der Waals surface area contributed by atoms with Gasteiger partial charge in [-0.2, -0.15) is 0 Å². The normalized spacial score (nSPS) is 9.54. The van der Waals surface area contributed by atoms with Gasteiger partial charge in [0.1, 0.15) is 5.94 Å². The van der Waals surface area contributed by atoms with Gasteiger partial charge in [-0.3, -0.25) is 0 Å². The maximum Gasteiger partial charge on any atom is 0.132 e. The molecule has 0 aliphatic rings. The van der Waals surface area contributed by atoms with E-state index in [-0.39, 0.29) is 0 Å². The van der Waals surface area contributed by atoms with Gasteiger partial charge in [0.25, 0.3) is 0 Å². The molecule has 0 spiro atoms. The van der Waals surface area contributed by atoms with Crippen molar-refractivity contribution < 1.29 is 4.79 Å². The predicted octanol–water partition coefficient (Wildman–Crippen LogP) is 2.64. The van der Waals surface area contributed by atoms with Gasteiger partial charge in [0.05, 0.1) is 5.57 Å². The average Bonchev–Trinajstić information content (AvgIpc) is 2.21. The Hall–Kier alpha value is -1.85. The van der Waals surface area contributed by atoms with E-state index in [1.54, 1.807) is 12.0 Å². The fourth-order valence-electron chi connectivity index (χ4n) is 0.894. The van der Waals surface area contributed by atoms with Crippen molar-refractivity contribution in [3.8, 4) is 0 Å². The molecule has 1 heteroatoms. The largest absolute Gasteiger partial charge is 0.233 e. The summed E-state index contributed by atoms with van der Waals surface area (Å²) >= 11 is 0. The predicted molar refractivity (Wildman–Crippen MR) is 54.9 cm³/mol. The van der Waals surface area contributed by atoms with Crippen LogP contribution in [0.15, 0.2) is 54.6 Å². The SMILES string of the molecule is C=CC(=C=O)/C=C\c1ccccc1. The van der Waals surface area contributed by atoms with E-state index in [2.05, 4.69) is 6.58 Å². The van der Waals surface area contributed by atoms with E-state index in [1.165, 1.54) is 6.08 Å². The molecule has 0 saturated heterocycles. The number of allylic oxidation sites excluding steroid dienone is 3. The van der Waals surface area contributed by atoms with Crippen LogP contribution in [0.1, 0.15) is 5.56 Å². The number of carbonyl (C=O) groups excluding carboxylic acids is 1. The molecule has 0 aliphatic carbocycles. The molecule has 0 aromatic heterocycles. The highest BCUT2D eigenvalue weighted by Gasteiger charge is 1.85. The molecule has 0 bridgehead atoms. The Labute approximate surface area is 77.7 Å². The molecule has 13 heavy (non-hydrogen) atoms. The van der Waals surface area contributed by atoms with E-state index in [0.717, 1.165) is 5.56 Å². The third-order valence-electron chi connectivity index (χ3n) is 1.59. The van der Waals surface area contributed by atoms with Crippen LogP contribution in [0.3, 0.4) is 0 Å². The highest BCUT2D eigenvalue weighted by atomic mass is 16.1. The van der Waals surface area contributed by atoms with E-state index < -0.39 is 0 Å². The second-order valence-corrected chi connectivity index (χ2v) is 2.51. The first kappa shape index (κ1) is 9.24. The maximum atomic E-state index is 10.3. The number of rotatable bonds is 3. The molecule has 0 atom stereocenters. The minimum absolute atomic E-state index is 0.462. The summed E-state index contributed by atoms with van der Waals surface area (Å²) in [7, 11) is 0. The topological polar surface area (TPSA) is 17.1 Å². The Bertz CT molecular complexity index is 354. The second-order valence-electron chi connectivity index (χ2n) is 2.51. The Morgan fingerprint density at radius 1 is 1.31 bits per heavy atom. The van der Waals surface area contributed by atoms with Crippen LogP contribution in [-0.2, 0) is 4.79 Å². The summed E-state index contributed by atoms with van der Waals surface area (Å²) in [5, 5.41) is 0. The van der Waals surface area contributed by atoms with E-state index in [0.29, 0.717) is 5.57 Å². The van der Waals surface area contributed by atoms with Crippen LogP contribution >= 0.6 is 0 Å². The van der Waals surface area contributed by atoms with Gasteiger partial charge in [-0.1, -0.05) is 49.1 Å².